The Morgan fingerprint density at radius 1 is 1.10 bits per heavy atom. The van der Waals surface area contributed by atoms with E-state index in [0.29, 0.717) is 36.6 Å². The smallest absolute Gasteiger partial charge is 0.231 e. The summed E-state index contributed by atoms with van der Waals surface area (Å²) in [5.41, 5.74) is 1.93. The minimum Gasteiger partial charge on any atom is -0.507 e. The summed E-state index contributed by atoms with van der Waals surface area (Å²) in [7, 11) is 3.32. The number of phenolic OH excluding ortho intramolecular Hbond substituents is 1. The van der Waals surface area contributed by atoms with Crippen molar-refractivity contribution >= 4 is 27.8 Å². The first-order valence-corrected chi connectivity index (χ1v) is 10.2. The Morgan fingerprint density at radius 3 is 2.45 bits per heavy atom. The van der Waals surface area contributed by atoms with E-state index in [1.165, 1.54) is 0 Å². The van der Waals surface area contributed by atoms with Crippen LogP contribution in [0.2, 0.25) is 0 Å². The van der Waals surface area contributed by atoms with E-state index in [2.05, 4.69) is 15.9 Å². The molecule has 2 aromatic rings. The molecule has 1 aliphatic rings. The third-order valence-corrected chi connectivity index (χ3v) is 5.58. The molecule has 29 heavy (non-hydrogen) atoms. The van der Waals surface area contributed by atoms with Gasteiger partial charge in [-0.3, -0.25) is 4.79 Å². The predicted octanol–water partition coefficient (Wildman–Crippen LogP) is 2.45. The van der Waals surface area contributed by atoms with Crippen LogP contribution >= 0.6 is 15.9 Å². The van der Waals surface area contributed by atoms with Gasteiger partial charge in [-0.15, -0.1) is 0 Å². The minimum absolute atomic E-state index is 0.117. The van der Waals surface area contributed by atoms with Gasteiger partial charge in [0.2, 0.25) is 5.78 Å². The third kappa shape index (κ3) is 5.05. The van der Waals surface area contributed by atoms with Crippen molar-refractivity contribution in [3.63, 3.8) is 0 Å². The molecule has 0 unspecified atom stereocenters. The van der Waals surface area contributed by atoms with E-state index in [4.69, 9.17) is 14.2 Å². The van der Waals surface area contributed by atoms with E-state index in [0.717, 1.165) is 28.0 Å². The zero-order valence-electron chi connectivity index (χ0n) is 16.5. The highest BCUT2D eigenvalue weighted by atomic mass is 79.9. The van der Waals surface area contributed by atoms with Crippen LogP contribution in [0.1, 0.15) is 21.5 Å². The number of phenols is 1. The Kier molecular flexibility index (Phi) is 7.44. The number of carbonyl (C=O) groups excluding carboxylic acids is 1. The number of aromatic hydroxyl groups is 1. The van der Waals surface area contributed by atoms with Crippen molar-refractivity contribution in [3.8, 4) is 11.5 Å². The molecular formula is C22H25BrNO5+. The molecule has 7 heteroatoms. The summed E-state index contributed by atoms with van der Waals surface area (Å²) in [6, 6.07) is 10.8. The van der Waals surface area contributed by atoms with Crippen molar-refractivity contribution in [2.24, 2.45) is 0 Å². The van der Waals surface area contributed by atoms with Crippen molar-refractivity contribution in [1.29, 1.82) is 0 Å². The average Bonchev–Trinajstić information content (AvgIpc) is 3.03. The highest BCUT2D eigenvalue weighted by Crippen LogP contribution is 2.39. The van der Waals surface area contributed by atoms with Gasteiger partial charge >= 0.3 is 0 Å². The summed E-state index contributed by atoms with van der Waals surface area (Å²) < 4.78 is 17.2. The van der Waals surface area contributed by atoms with Crippen LogP contribution in [-0.4, -0.2) is 51.4 Å². The summed E-state index contributed by atoms with van der Waals surface area (Å²) in [6.45, 7) is 3.16. The number of allylic oxidation sites excluding steroid dienone is 1. The lowest BCUT2D eigenvalue weighted by atomic mass is 10.0. The summed E-state index contributed by atoms with van der Waals surface area (Å²) in [5.74, 6) is 0.605. The van der Waals surface area contributed by atoms with E-state index in [9.17, 15) is 9.90 Å². The first-order chi connectivity index (χ1) is 14.0. The van der Waals surface area contributed by atoms with Gasteiger partial charge in [0.1, 0.15) is 25.4 Å². The molecule has 0 fully saturated rings. The zero-order chi connectivity index (χ0) is 20.8. The van der Waals surface area contributed by atoms with Crippen molar-refractivity contribution in [3.05, 3.63) is 63.3 Å². The number of benzene rings is 2. The second-order valence-corrected chi connectivity index (χ2v) is 7.67. The number of rotatable bonds is 9. The molecule has 6 nitrogen and oxygen atoms in total. The van der Waals surface area contributed by atoms with E-state index >= 15 is 0 Å². The molecule has 0 saturated carbocycles. The molecule has 0 aliphatic carbocycles. The maximum Gasteiger partial charge on any atom is 0.231 e. The van der Waals surface area contributed by atoms with Gasteiger partial charge < -0.3 is 24.2 Å². The molecule has 1 heterocycles. The monoisotopic (exact) mass is 462 g/mol. The molecule has 0 amide bonds. The van der Waals surface area contributed by atoms with E-state index in [-0.39, 0.29) is 17.3 Å². The predicted molar refractivity (Wildman–Crippen MR) is 113 cm³/mol. The molecule has 0 radical (unpaired) electrons. The van der Waals surface area contributed by atoms with Gasteiger partial charge in [-0.1, -0.05) is 34.1 Å². The fourth-order valence-corrected chi connectivity index (χ4v) is 3.64. The van der Waals surface area contributed by atoms with Crippen molar-refractivity contribution in [1.82, 2.24) is 0 Å². The minimum atomic E-state index is -0.188. The molecule has 3 rings (SSSR count). The Labute approximate surface area is 178 Å². The number of hydrogen-bond acceptors (Lipinski definition) is 5. The number of halogens is 1. The second kappa shape index (κ2) is 10.0. The van der Waals surface area contributed by atoms with Crippen LogP contribution in [0.3, 0.4) is 0 Å². The number of Topliss-reactive ketones (excluding diaryl/α,β-unsaturated/α-hetero) is 1. The maximum atomic E-state index is 12.9. The first kappa shape index (κ1) is 21.5. The normalized spacial score (nSPS) is 14.5. The number of hydrogen-bond donors (Lipinski definition) is 2. The van der Waals surface area contributed by atoms with Crippen LogP contribution in [0.4, 0.5) is 0 Å². The van der Waals surface area contributed by atoms with Crippen LogP contribution in [0, 0.1) is 0 Å². The molecule has 0 saturated heterocycles. The molecule has 0 bridgehead atoms. The molecule has 2 N–H and O–H groups in total. The van der Waals surface area contributed by atoms with E-state index in [1.807, 2.05) is 24.3 Å². The summed E-state index contributed by atoms with van der Waals surface area (Å²) >= 11 is 3.49. The third-order valence-electron chi connectivity index (χ3n) is 4.85. The van der Waals surface area contributed by atoms with Crippen molar-refractivity contribution in [2.45, 2.75) is 6.54 Å². The Hall–Kier alpha value is -2.19. The topological polar surface area (TPSA) is 69.4 Å². The number of fused-ring (bicyclic) bond motifs is 1. The zero-order valence-corrected chi connectivity index (χ0v) is 18.1. The average molecular weight is 463 g/mol. The quantitative estimate of drug-likeness (QED) is 0.560. The molecule has 0 aromatic heterocycles. The Bertz CT molecular complexity index is 904. The lowest BCUT2D eigenvalue weighted by molar-refractivity contribution is -0.914. The van der Waals surface area contributed by atoms with Crippen LogP contribution in [0.15, 0.2) is 46.6 Å². The number of carbonyl (C=O) groups is 1. The number of ether oxygens (including phenoxy) is 3. The van der Waals surface area contributed by atoms with Gasteiger partial charge in [0.25, 0.3) is 0 Å². The van der Waals surface area contributed by atoms with Crippen LogP contribution in [0.25, 0.3) is 6.08 Å². The van der Waals surface area contributed by atoms with Crippen LogP contribution in [0.5, 0.6) is 11.5 Å². The van der Waals surface area contributed by atoms with Crippen LogP contribution in [-0.2, 0) is 16.0 Å². The van der Waals surface area contributed by atoms with Gasteiger partial charge in [0.15, 0.2) is 11.5 Å². The molecule has 154 valence electrons. The number of methoxy groups -OCH3 is 2. The largest absolute Gasteiger partial charge is 0.507 e. The standard InChI is InChI=1S/C22H24BrNO5/c1-27-11-9-24(10-12-28-2)14-17-19(25)8-7-16-21(26)20(29-22(16)17)13-15-5-3-4-6-18(15)23/h3-8,13,25H,9-12,14H2,1-2H3/p+1/b20-13-. The molecule has 1 aliphatic heterocycles. The lowest BCUT2D eigenvalue weighted by Gasteiger charge is -2.20. The van der Waals surface area contributed by atoms with E-state index < -0.39 is 0 Å². The Morgan fingerprint density at radius 2 is 1.79 bits per heavy atom. The van der Waals surface area contributed by atoms with Crippen LogP contribution < -0.4 is 9.64 Å². The van der Waals surface area contributed by atoms with Crippen molar-refractivity contribution in [2.75, 3.05) is 40.5 Å². The molecule has 2 aromatic carbocycles. The van der Waals surface area contributed by atoms with Gasteiger partial charge in [-0.25, -0.2) is 0 Å². The fraction of sp³-hybridized carbons (Fsp3) is 0.318. The molecule has 0 atom stereocenters. The summed E-state index contributed by atoms with van der Waals surface area (Å²) in [4.78, 5) is 14.0. The number of quaternary nitrogens is 1. The summed E-state index contributed by atoms with van der Waals surface area (Å²) in [5, 5.41) is 10.5. The van der Waals surface area contributed by atoms with Crippen molar-refractivity contribution < 1.29 is 29.0 Å². The number of nitrogens with one attached hydrogen (secondary N) is 1. The molecule has 0 spiro atoms. The lowest BCUT2D eigenvalue weighted by Crippen LogP contribution is -3.11. The van der Waals surface area contributed by atoms with E-state index in [1.54, 1.807) is 32.4 Å². The SMILES string of the molecule is COCC[NH+](CCOC)Cc1c(O)ccc2c1O/C(=C\c1ccccc1Br)C2=O. The van der Waals surface area contributed by atoms with Gasteiger partial charge in [0, 0.05) is 18.7 Å². The van der Waals surface area contributed by atoms with Gasteiger partial charge in [-0.05, 0) is 29.8 Å². The fourth-order valence-electron chi connectivity index (χ4n) is 3.25. The molecular weight excluding hydrogens is 438 g/mol. The van der Waals surface area contributed by atoms with Gasteiger partial charge in [-0.2, -0.15) is 0 Å². The first-order valence-electron chi connectivity index (χ1n) is 9.40. The summed E-state index contributed by atoms with van der Waals surface area (Å²) in [6.07, 6.45) is 1.72. The highest BCUT2D eigenvalue weighted by molar-refractivity contribution is 9.10. The maximum absolute atomic E-state index is 12.9. The Balaban J connectivity index is 1.90. The van der Waals surface area contributed by atoms with Gasteiger partial charge in [0.05, 0.1) is 24.3 Å². The number of ketones is 1. The highest BCUT2D eigenvalue weighted by Gasteiger charge is 2.32. The second-order valence-electron chi connectivity index (χ2n) is 6.81.